The zero-order valence-corrected chi connectivity index (χ0v) is 16.3. The number of amides is 1. The zero-order chi connectivity index (χ0) is 18.8. The molecule has 0 radical (unpaired) electrons. The van der Waals surface area contributed by atoms with E-state index in [9.17, 15) is 13.2 Å². The number of hydroxylamine groups is 1. The molecular formula is C17H28N2O4S. The fourth-order valence-corrected chi connectivity index (χ4v) is 3.75. The predicted molar refractivity (Wildman–Crippen MR) is 94.0 cm³/mol. The second kappa shape index (κ2) is 7.21. The number of sulfonamides is 1. The second-order valence-corrected chi connectivity index (χ2v) is 9.63. The maximum atomic E-state index is 12.4. The van der Waals surface area contributed by atoms with Crippen LogP contribution in [0.5, 0.6) is 0 Å². The molecular weight excluding hydrogens is 328 g/mol. The molecule has 0 fully saturated rings. The number of nitrogens with zero attached hydrogens (tertiary/aromatic N) is 1. The van der Waals surface area contributed by atoms with E-state index in [2.05, 4.69) is 26.1 Å². The SMILES string of the molecule is CON(C)S(=O)(=O)c1ccc(C(=O)NC(C)(C)CC(C)(C)C)cc1. The van der Waals surface area contributed by atoms with E-state index in [1.165, 1.54) is 38.4 Å². The Morgan fingerprint density at radius 2 is 1.62 bits per heavy atom. The van der Waals surface area contributed by atoms with Crippen molar-refractivity contribution in [1.29, 1.82) is 0 Å². The van der Waals surface area contributed by atoms with Gasteiger partial charge < -0.3 is 5.32 Å². The van der Waals surface area contributed by atoms with Crippen molar-refractivity contribution in [3.8, 4) is 0 Å². The number of carbonyl (C=O) groups is 1. The molecule has 0 spiro atoms. The minimum atomic E-state index is -3.71. The first kappa shape index (κ1) is 20.6. The van der Waals surface area contributed by atoms with Gasteiger partial charge in [-0.15, -0.1) is 0 Å². The van der Waals surface area contributed by atoms with E-state index in [0.717, 1.165) is 10.9 Å². The lowest BCUT2D eigenvalue weighted by Gasteiger charge is -2.33. The van der Waals surface area contributed by atoms with Gasteiger partial charge >= 0.3 is 0 Å². The van der Waals surface area contributed by atoms with Crippen LogP contribution in [-0.4, -0.2) is 38.5 Å². The minimum Gasteiger partial charge on any atom is -0.347 e. The molecule has 1 amide bonds. The number of rotatable bonds is 6. The molecule has 0 atom stereocenters. The highest BCUT2D eigenvalue weighted by Gasteiger charge is 2.27. The van der Waals surface area contributed by atoms with Crippen molar-refractivity contribution in [1.82, 2.24) is 9.79 Å². The van der Waals surface area contributed by atoms with E-state index in [1.54, 1.807) is 0 Å². The molecule has 6 nitrogen and oxygen atoms in total. The van der Waals surface area contributed by atoms with Crippen LogP contribution in [0.1, 0.15) is 51.4 Å². The second-order valence-electron chi connectivity index (χ2n) is 7.70. The van der Waals surface area contributed by atoms with Crippen LogP contribution < -0.4 is 5.32 Å². The Kier molecular flexibility index (Phi) is 6.19. The van der Waals surface area contributed by atoms with Crippen LogP contribution in [0.15, 0.2) is 29.2 Å². The fourth-order valence-electron chi connectivity index (χ4n) is 2.77. The van der Waals surface area contributed by atoms with Gasteiger partial charge in [0.2, 0.25) is 0 Å². The molecule has 0 aromatic heterocycles. The summed E-state index contributed by atoms with van der Waals surface area (Å²) in [6.45, 7) is 10.3. The van der Waals surface area contributed by atoms with E-state index < -0.39 is 10.0 Å². The summed E-state index contributed by atoms with van der Waals surface area (Å²) in [7, 11) is -1.13. The Morgan fingerprint density at radius 1 is 1.12 bits per heavy atom. The molecule has 0 bridgehead atoms. The van der Waals surface area contributed by atoms with Crippen molar-refractivity contribution in [3.63, 3.8) is 0 Å². The van der Waals surface area contributed by atoms with Gasteiger partial charge in [0, 0.05) is 18.2 Å². The van der Waals surface area contributed by atoms with Gasteiger partial charge in [-0.05, 0) is 49.9 Å². The summed E-state index contributed by atoms with van der Waals surface area (Å²) in [6.07, 6.45) is 0.816. The zero-order valence-electron chi connectivity index (χ0n) is 15.5. The van der Waals surface area contributed by atoms with Crippen molar-refractivity contribution < 1.29 is 18.0 Å². The van der Waals surface area contributed by atoms with Crippen molar-refractivity contribution in [2.45, 2.75) is 51.5 Å². The number of benzene rings is 1. The lowest BCUT2D eigenvalue weighted by molar-refractivity contribution is -0.0258. The highest BCUT2D eigenvalue weighted by molar-refractivity contribution is 7.89. The first-order valence-electron chi connectivity index (χ1n) is 7.74. The average molecular weight is 356 g/mol. The van der Waals surface area contributed by atoms with Crippen molar-refractivity contribution in [2.75, 3.05) is 14.2 Å². The van der Waals surface area contributed by atoms with Gasteiger partial charge in [-0.1, -0.05) is 25.2 Å². The Morgan fingerprint density at radius 3 is 2.04 bits per heavy atom. The van der Waals surface area contributed by atoms with Gasteiger partial charge in [0.25, 0.3) is 15.9 Å². The van der Waals surface area contributed by atoms with Crippen LogP contribution in [0.25, 0.3) is 0 Å². The number of hydrogen-bond donors (Lipinski definition) is 1. The third kappa shape index (κ3) is 5.58. The lowest BCUT2D eigenvalue weighted by atomic mass is 9.81. The molecule has 1 rings (SSSR count). The summed E-state index contributed by atoms with van der Waals surface area (Å²) in [5.41, 5.74) is 0.131. The van der Waals surface area contributed by atoms with E-state index in [1.807, 2.05) is 13.8 Å². The first-order chi connectivity index (χ1) is 10.8. The van der Waals surface area contributed by atoms with Crippen LogP contribution in [0, 0.1) is 5.41 Å². The Bertz CT molecular complexity index is 674. The van der Waals surface area contributed by atoms with Gasteiger partial charge in [-0.25, -0.2) is 8.42 Å². The molecule has 0 aliphatic rings. The van der Waals surface area contributed by atoms with Gasteiger partial charge in [0.05, 0.1) is 12.0 Å². The lowest BCUT2D eigenvalue weighted by Crippen LogP contribution is -2.45. The van der Waals surface area contributed by atoms with Gasteiger partial charge in [0.15, 0.2) is 0 Å². The molecule has 1 N–H and O–H groups in total. The minimum absolute atomic E-state index is 0.0670. The van der Waals surface area contributed by atoms with E-state index in [-0.39, 0.29) is 21.8 Å². The molecule has 136 valence electrons. The first-order valence-corrected chi connectivity index (χ1v) is 9.18. The third-order valence-corrected chi connectivity index (χ3v) is 5.13. The molecule has 24 heavy (non-hydrogen) atoms. The smallest absolute Gasteiger partial charge is 0.264 e. The molecule has 0 saturated carbocycles. The van der Waals surface area contributed by atoms with Gasteiger partial charge in [0.1, 0.15) is 0 Å². The summed E-state index contributed by atoms with van der Waals surface area (Å²) < 4.78 is 25.0. The average Bonchev–Trinajstić information content (AvgIpc) is 2.43. The maximum absolute atomic E-state index is 12.4. The largest absolute Gasteiger partial charge is 0.347 e. The van der Waals surface area contributed by atoms with E-state index in [0.29, 0.717) is 5.56 Å². The summed E-state index contributed by atoms with van der Waals surface area (Å²) in [5.74, 6) is -0.228. The molecule has 7 heteroatoms. The van der Waals surface area contributed by atoms with E-state index in [4.69, 9.17) is 4.84 Å². The molecule has 0 aliphatic carbocycles. The van der Waals surface area contributed by atoms with Crippen LogP contribution in [0.2, 0.25) is 0 Å². The Hall–Kier alpha value is -1.44. The standard InChI is InChI=1S/C17H28N2O4S/c1-16(2,3)12-17(4,5)18-15(20)13-8-10-14(11-9-13)24(21,22)19(6)23-7/h8-11H,12H2,1-7H3,(H,18,20). The summed E-state index contributed by atoms with van der Waals surface area (Å²) in [6, 6.07) is 5.80. The van der Waals surface area contributed by atoms with Crippen LogP contribution in [-0.2, 0) is 14.9 Å². The third-order valence-electron chi connectivity index (χ3n) is 3.43. The highest BCUT2D eigenvalue weighted by atomic mass is 32.2. The molecule has 0 unspecified atom stereocenters. The monoisotopic (exact) mass is 356 g/mol. The van der Waals surface area contributed by atoms with Gasteiger partial charge in [-0.2, -0.15) is 0 Å². The van der Waals surface area contributed by atoms with Crippen LogP contribution in [0.3, 0.4) is 0 Å². The number of hydrogen-bond acceptors (Lipinski definition) is 4. The highest BCUT2D eigenvalue weighted by Crippen LogP contribution is 2.27. The number of nitrogens with one attached hydrogen (secondary N) is 1. The Balaban J connectivity index is 2.92. The molecule has 0 heterocycles. The summed E-state index contributed by atoms with van der Waals surface area (Å²) >= 11 is 0. The topological polar surface area (TPSA) is 75.7 Å². The van der Waals surface area contributed by atoms with Crippen molar-refractivity contribution in [3.05, 3.63) is 29.8 Å². The van der Waals surface area contributed by atoms with Crippen molar-refractivity contribution >= 4 is 15.9 Å². The normalized spacial score (nSPS) is 13.2. The predicted octanol–water partition coefficient (Wildman–Crippen LogP) is 2.81. The fraction of sp³-hybridized carbons (Fsp3) is 0.588. The summed E-state index contributed by atoms with van der Waals surface area (Å²) in [5, 5.41) is 3.00. The van der Waals surface area contributed by atoms with Crippen LogP contribution in [0.4, 0.5) is 0 Å². The molecule has 0 saturated heterocycles. The van der Waals surface area contributed by atoms with Crippen molar-refractivity contribution in [2.24, 2.45) is 5.41 Å². The van der Waals surface area contributed by atoms with E-state index >= 15 is 0 Å². The maximum Gasteiger partial charge on any atom is 0.264 e. The molecule has 0 aliphatic heterocycles. The summed E-state index contributed by atoms with van der Waals surface area (Å²) in [4.78, 5) is 17.2. The number of carbonyl (C=O) groups excluding carboxylic acids is 1. The quantitative estimate of drug-likeness (QED) is 0.795. The molecule has 1 aromatic rings. The van der Waals surface area contributed by atoms with Gasteiger partial charge in [-0.3, -0.25) is 9.63 Å². The Labute approximate surface area is 145 Å². The molecule has 1 aromatic carbocycles. The van der Waals surface area contributed by atoms with Crippen LogP contribution >= 0.6 is 0 Å².